The van der Waals surface area contributed by atoms with Gasteiger partial charge in [-0.1, -0.05) is 12.1 Å². The number of hydrogen-bond donors (Lipinski definition) is 0. The molecule has 1 aromatic carbocycles. The highest BCUT2D eigenvalue weighted by molar-refractivity contribution is 5.29. The van der Waals surface area contributed by atoms with Crippen LogP contribution in [0.25, 0.3) is 0 Å². The highest BCUT2D eigenvalue weighted by Gasteiger charge is 2.53. The minimum absolute atomic E-state index is 0.0515. The predicted octanol–water partition coefficient (Wildman–Crippen LogP) is 2.47. The maximum absolute atomic E-state index is 14.4. The van der Waals surface area contributed by atoms with E-state index in [4.69, 9.17) is 4.74 Å². The first kappa shape index (κ1) is 15.5. The van der Waals surface area contributed by atoms with Gasteiger partial charge in [0.05, 0.1) is 6.61 Å². The van der Waals surface area contributed by atoms with E-state index in [0.29, 0.717) is 30.2 Å². The highest BCUT2D eigenvalue weighted by atomic mass is 19.2. The summed E-state index contributed by atoms with van der Waals surface area (Å²) >= 11 is 0. The average molecular weight is 322 g/mol. The number of piperidine rings is 3. The molecule has 0 aromatic heterocycles. The third-order valence-electron chi connectivity index (χ3n) is 6.06. The van der Waals surface area contributed by atoms with Crippen molar-refractivity contribution >= 4 is 0 Å². The van der Waals surface area contributed by atoms with E-state index >= 15 is 0 Å². The Hall–Kier alpha value is -1.04. The SMILES string of the molecule is COCCN1C[C@@H](c2cccc(F)c2F)[C@@H]2[C@H]1C1CCN2CC1. The maximum Gasteiger partial charge on any atom is 0.162 e. The molecule has 3 atom stereocenters. The van der Waals surface area contributed by atoms with Gasteiger partial charge in [-0.05, 0) is 43.5 Å². The standard InChI is InChI=1S/C18H24F2N2O/c1-23-10-9-22-11-14(13-3-2-4-15(19)16(13)20)18-17(22)12-5-7-21(18)8-6-12/h2-4,12,14,17-18H,5-11H2,1H3/t14-,17+,18+/m0/s1. The number of fused-ring (bicyclic) bond motifs is 2. The molecule has 0 aliphatic carbocycles. The molecule has 23 heavy (non-hydrogen) atoms. The smallest absolute Gasteiger partial charge is 0.162 e. The molecule has 4 fully saturated rings. The van der Waals surface area contributed by atoms with Crippen LogP contribution < -0.4 is 0 Å². The van der Waals surface area contributed by atoms with E-state index in [0.717, 1.165) is 26.2 Å². The first-order chi connectivity index (χ1) is 11.2. The average Bonchev–Trinajstić information content (AvgIpc) is 2.98. The predicted molar refractivity (Wildman–Crippen MR) is 84.4 cm³/mol. The van der Waals surface area contributed by atoms with Gasteiger partial charge in [0, 0.05) is 38.2 Å². The van der Waals surface area contributed by atoms with Crippen LogP contribution in [0.5, 0.6) is 0 Å². The van der Waals surface area contributed by atoms with Gasteiger partial charge in [-0.15, -0.1) is 0 Å². The van der Waals surface area contributed by atoms with Crippen LogP contribution in [0.4, 0.5) is 8.78 Å². The normalized spacial score (nSPS) is 36.4. The molecule has 5 rings (SSSR count). The Bertz CT molecular complexity index is 574. The monoisotopic (exact) mass is 322 g/mol. The second kappa shape index (κ2) is 6.11. The number of rotatable bonds is 4. The van der Waals surface area contributed by atoms with Crippen molar-refractivity contribution in [2.24, 2.45) is 5.92 Å². The lowest BCUT2D eigenvalue weighted by Crippen LogP contribution is -2.60. The molecular formula is C18H24F2N2O. The quantitative estimate of drug-likeness (QED) is 0.847. The molecule has 4 saturated heterocycles. The van der Waals surface area contributed by atoms with Gasteiger partial charge in [-0.2, -0.15) is 0 Å². The summed E-state index contributed by atoms with van der Waals surface area (Å²) in [4.78, 5) is 4.96. The van der Waals surface area contributed by atoms with Gasteiger partial charge in [0.15, 0.2) is 11.6 Å². The molecule has 5 heteroatoms. The summed E-state index contributed by atoms with van der Waals surface area (Å²) in [6, 6.07) is 5.39. The Balaban J connectivity index is 1.68. The number of likely N-dealkylation sites (tertiary alicyclic amines) is 1. The van der Waals surface area contributed by atoms with Crippen LogP contribution in [0, 0.1) is 17.6 Å². The van der Waals surface area contributed by atoms with Gasteiger partial charge in [0.2, 0.25) is 0 Å². The van der Waals surface area contributed by atoms with Crippen LogP contribution in [0.3, 0.4) is 0 Å². The van der Waals surface area contributed by atoms with Crippen LogP contribution in [0.1, 0.15) is 24.3 Å². The molecule has 4 heterocycles. The first-order valence-corrected chi connectivity index (χ1v) is 8.61. The van der Waals surface area contributed by atoms with E-state index in [1.165, 1.54) is 18.9 Å². The molecule has 0 spiro atoms. The fraction of sp³-hybridized carbons (Fsp3) is 0.667. The maximum atomic E-state index is 14.4. The van der Waals surface area contributed by atoms with Crippen molar-refractivity contribution in [2.45, 2.75) is 30.8 Å². The summed E-state index contributed by atoms with van der Waals surface area (Å²) in [6.45, 7) is 4.55. The van der Waals surface area contributed by atoms with E-state index in [-0.39, 0.29) is 5.92 Å². The molecule has 0 radical (unpaired) electrons. The number of benzene rings is 1. The van der Waals surface area contributed by atoms with Gasteiger partial charge in [-0.25, -0.2) is 8.78 Å². The van der Waals surface area contributed by atoms with E-state index in [1.807, 2.05) is 0 Å². The molecular weight excluding hydrogens is 298 g/mol. The van der Waals surface area contributed by atoms with Crippen molar-refractivity contribution in [3.8, 4) is 0 Å². The summed E-state index contributed by atoms with van der Waals surface area (Å²) in [7, 11) is 1.72. The van der Waals surface area contributed by atoms with Gasteiger partial charge < -0.3 is 4.74 Å². The molecule has 3 nitrogen and oxygen atoms in total. The number of hydrogen-bond acceptors (Lipinski definition) is 3. The topological polar surface area (TPSA) is 15.7 Å². The molecule has 126 valence electrons. The Morgan fingerprint density at radius 1 is 1.17 bits per heavy atom. The van der Waals surface area contributed by atoms with Gasteiger partial charge >= 0.3 is 0 Å². The Morgan fingerprint density at radius 2 is 1.96 bits per heavy atom. The zero-order chi connectivity index (χ0) is 16.0. The Labute approximate surface area is 136 Å². The number of nitrogens with zero attached hydrogens (tertiary/aromatic N) is 2. The van der Waals surface area contributed by atoms with E-state index in [1.54, 1.807) is 19.2 Å². The van der Waals surface area contributed by atoms with E-state index in [9.17, 15) is 8.78 Å². The Kier molecular flexibility index (Phi) is 4.12. The minimum Gasteiger partial charge on any atom is -0.383 e. The van der Waals surface area contributed by atoms with Crippen LogP contribution in [-0.4, -0.2) is 61.8 Å². The van der Waals surface area contributed by atoms with Crippen molar-refractivity contribution < 1.29 is 13.5 Å². The first-order valence-electron chi connectivity index (χ1n) is 8.61. The summed E-state index contributed by atoms with van der Waals surface area (Å²) in [5.74, 6) is -0.656. The van der Waals surface area contributed by atoms with Gasteiger partial charge in [-0.3, -0.25) is 9.80 Å². The van der Waals surface area contributed by atoms with Crippen molar-refractivity contribution in [2.75, 3.05) is 39.9 Å². The second-order valence-corrected chi connectivity index (χ2v) is 7.09. The molecule has 4 aliphatic rings. The number of ether oxygens (including phenoxy) is 1. The van der Waals surface area contributed by atoms with E-state index < -0.39 is 11.6 Å². The lowest BCUT2D eigenvalue weighted by Gasteiger charge is -2.51. The molecule has 0 saturated carbocycles. The molecule has 1 aromatic rings. The van der Waals surface area contributed by atoms with Crippen LogP contribution >= 0.6 is 0 Å². The lowest BCUT2D eigenvalue weighted by molar-refractivity contribution is -0.0117. The largest absolute Gasteiger partial charge is 0.383 e. The fourth-order valence-corrected chi connectivity index (χ4v) is 5.08. The number of halogens is 2. The molecule has 0 amide bonds. The summed E-state index contributed by atoms with van der Waals surface area (Å²) in [5, 5.41) is 0. The van der Waals surface area contributed by atoms with Gasteiger partial charge in [0.25, 0.3) is 0 Å². The fourth-order valence-electron chi connectivity index (χ4n) is 5.08. The van der Waals surface area contributed by atoms with Crippen LogP contribution in [0.15, 0.2) is 18.2 Å². The minimum atomic E-state index is -0.731. The van der Waals surface area contributed by atoms with Gasteiger partial charge in [0.1, 0.15) is 0 Å². The molecule has 0 unspecified atom stereocenters. The lowest BCUT2D eigenvalue weighted by atomic mass is 9.75. The summed E-state index contributed by atoms with van der Waals surface area (Å²) in [5.41, 5.74) is 0.549. The second-order valence-electron chi connectivity index (χ2n) is 7.09. The summed E-state index contributed by atoms with van der Waals surface area (Å²) < 4.78 is 33.4. The highest BCUT2D eigenvalue weighted by Crippen LogP contribution is 2.46. The van der Waals surface area contributed by atoms with Crippen molar-refractivity contribution in [1.82, 2.24) is 9.80 Å². The van der Waals surface area contributed by atoms with Crippen molar-refractivity contribution in [1.29, 1.82) is 0 Å². The molecule has 4 aliphatic heterocycles. The van der Waals surface area contributed by atoms with Crippen LogP contribution in [0.2, 0.25) is 0 Å². The zero-order valence-electron chi connectivity index (χ0n) is 13.5. The number of methoxy groups -OCH3 is 1. The molecule has 2 bridgehead atoms. The van der Waals surface area contributed by atoms with Crippen molar-refractivity contribution in [3.05, 3.63) is 35.4 Å². The molecule has 0 N–H and O–H groups in total. The third-order valence-corrected chi connectivity index (χ3v) is 6.06. The van der Waals surface area contributed by atoms with E-state index in [2.05, 4.69) is 9.80 Å². The third kappa shape index (κ3) is 2.49. The summed E-state index contributed by atoms with van der Waals surface area (Å²) in [6.07, 6.45) is 2.45. The zero-order valence-corrected chi connectivity index (χ0v) is 13.5. The van der Waals surface area contributed by atoms with Crippen LogP contribution in [-0.2, 0) is 4.74 Å². The van der Waals surface area contributed by atoms with Crippen molar-refractivity contribution in [3.63, 3.8) is 0 Å². The Morgan fingerprint density at radius 3 is 2.70 bits per heavy atom.